The lowest BCUT2D eigenvalue weighted by atomic mass is 10.1. The predicted octanol–water partition coefficient (Wildman–Crippen LogP) is 4.26. The first kappa shape index (κ1) is 22.7. The fourth-order valence-corrected chi connectivity index (χ4v) is 5.01. The van der Waals surface area contributed by atoms with Crippen LogP contribution in [0.1, 0.15) is 29.2 Å². The highest BCUT2D eigenvalue weighted by molar-refractivity contribution is 7.99. The van der Waals surface area contributed by atoms with Gasteiger partial charge in [-0.1, -0.05) is 42.9 Å². The normalized spacial score (nSPS) is 15.6. The molecule has 0 aliphatic carbocycles. The van der Waals surface area contributed by atoms with Gasteiger partial charge in [-0.2, -0.15) is 0 Å². The Kier molecular flexibility index (Phi) is 6.29. The molecule has 2 amide bonds. The number of carbonyl (C=O) groups is 2. The van der Waals surface area contributed by atoms with Crippen LogP contribution < -0.4 is 10.2 Å². The maximum absolute atomic E-state index is 13.1. The Bertz CT molecular complexity index is 1310. The van der Waals surface area contributed by atoms with Gasteiger partial charge in [0.1, 0.15) is 11.8 Å². The number of amides is 2. The molecule has 8 heteroatoms. The summed E-state index contributed by atoms with van der Waals surface area (Å²) in [7, 11) is 3.74. The van der Waals surface area contributed by atoms with Crippen molar-refractivity contribution in [2.75, 3.05) is 17.7 Å². The molecule has 5 rings (SSSR count). The number of hydrogen-bond acceptors (Lipinski definition) is 5. The van der Waals surface area contributed by atoms with Gasteiger partial charge in [0.05, 0.1) is 5.69 Å². The molecule has 0 radical (unpaired) electrons. The van der Waals surface area contributed by atoms with Crippen LogP contribution in [0.3, 0.4) is 0 Å². The van der Waals surface area contributed by atoms with Crippen molar-refractivity contribution in [1.82, 2.24) is 15.0 Å². The molecule has 1 aliphatic heterocycles. The maximum Gasteiger partial charge on any atom is 0.274 e. The minimum atomic E-state index is -0.665. The number of aryl methyl sites for hydroxylation is 1. The van der Waals surface area contributed by atoms with Gasteiger partial charge in [-0.15, -0.1) is 11.8 Å². The van der Waals surface area contributed by atoms with E-state index in [0.717, 1.165) is 27.0 Å². The lowest BCUT2D eigenvalue weighted by Crippen LogP contribution is -2.48. The molecule has 0 unspecified atom stereocenters. The average molecular weight is 463 g/mol. The predicted molar refractivity (Wildman–Crippen MR) is 131 cm³/mol. The summed E-state index contributed by atoms with van der Waals surface area (Å²) in [6.07, 6.45) is 2.55. The quantitative estimate of drug-likeness (QED) is 0.490. The lowest BCUT2D eigenvalue weighted by molar-refractivity contribution is -0.119. The topological polar surface area (TPSA) is 80.4 Å². The zero-order chi connectivity index (χ0) is 22.2. The largest absolute Gasteiger partial charge is 0.360 e. The third-order valence-electron chi connectivity index (χ3n) is 5.68. The Balaban J connectivity index is 0.00000259. The summed E-state index contributed by atoms with van der Waals surface area (Å²) >= 11 is 1.56. The second-order valence-electron chi connectivity index (χ2n) is 7.88. The van der Waals surface area contributed by atoms with Gasteiger partial charge in [0.15, 0.2) is 5.69 Å². The van der Waals surface area contributed by atoms with Crippen molar-refractivity contribution in [2.24, 2.45) is 7.05 Å². The van der Waals surface area contributed by atoms with Crippen molar-refractivity contribution in [1.29, 1.82) is 0 Å². The molecule has 0 spiro atoms. The standard InChI is InChI=1S/C24H22N4O3S.CH4/c1-27-9-8-16-11-21-22(13-20(16)27)32-14-19(24(30)28(21)2)25-23(29)18-12-17(31-26-18)10-15-6-4-3-5-7-15;/h3-9,11-13,19H,10,14H2,1-2H3,(H,25,29);1H4/t19-;/m0./s1. The van der Waals surface area contributed by atoms with Gasteiger partial charge in [0, 0.05) is 54.3 Å². The first-order valence-corrected chi connectivity index (χ1v) is 11.3. The highest BCUT2D eigenvalue weighted by atomic mass is 32.2. The number of likely N-dealkylation sites (N-methyl/N-ethyl adjacent to an activating group) is 1. The fraction of sp³-hybridized carbons (Fsp3) is 0.240. The average Bonchev–Trinajstić information content (AvgIpc) is 3.39. The van der Waals surface area contributed by atoms with Crippen LogP contribution in [0, 0.1) is 0 Å². The van der Waals surface area contributed by atoms with E-state index in [4.69, 9.17) is 4.52 Å². The molecule has 3 heterocycles. The van der Waals surface area contributed by atoms with Crippen LogP contribution in [0.4, 0.5) is 5.69 Å². The van der Waals surface area contributed by atoms with Crippen molar-refractivity contribution < 1.29 is 14.1 Å². The Hall–Kier alpha value is -3.52. The van der Waals surface area contributed by atoms with E-state index in [-0.39, 0.29) is 19.0 Å². The number of anilines is 1. The molecule has 33 heavy (non-hydrogen) atoms. The van der Waals surface area contributed by atoms with Gasteiger partial charge >= 0.3 is 0 Å². The van der Waals surface area contributed by atoms with Gasteiger partial charge in [0.2, 0.25) is 5.91 Å². The zero-order valence-electron chi connectivity index (χ0n) is 17.7. The summed E-state index contributed by atoms with van der Waals surface area (Å²) in [5.74, 6) is 0.454. The number of benzene rings is 2. The Labute approximate surface area is 196 Å². The molecule has 2 aromatic carbocycles. The highest BCUT2D eigenvalue weighted by Gasteiger charge is 2.31. The van der Waals surface area contributed by atoms with E-state index in [9.17, 15) is 9.59 Å². The van der Waals surface area contributed by atoms with Gasteiger partial charge < -0.3 is 19.3 Å². The molecule has 0 saturated heterocycles. The molecule has 1 aliphatic rings. The Morgan fingerprint density at radius 1 is 1.18 bits per heavy atom. The zero-order valence-corrected chi connectivity index (χ0v) is 18.6. The van der Waals surface area contributed by atoms with Gasteiger partial charge in [-0.3, -0.25) is 9.59 Å². The van der Waals surface area contributed by atoms with Crippen LogP contribution >= 0.6 is 11.8 Å². The SMILES string of the molecule is C.CN1C(=O)[C@@H](NC(=O)c2cc(Cc3ccccc3)on2)CSc2cc3c(ccn3C)cc21. The Morgan fingerprint density at radius 2 is 1.97 bits per heavy atom. The lowest BCUT2D eigenvalue weighted by Gasteiger charge is -2.21. The van der Waals surface area contributed by atoms with Crippen LogP contribution in [0.5, 0.6) is 0 Å². The molecule has 0 bridgehead atoms. The second-order valence-corrected chi connectivity index (χ2v) is 8.94. The summed E-state index contributed by atoms with van der Waals surface area (Å²) in [6, 6.07) is 16.9. The molecule has 170 valence electrons. The number of nitrogens with one attached hydrogen (secondary N) is 1. The maximum atomic E-state index is 13.1. The van der Waals surface area contributed by atoms with E-state index in [2.05, 4.69) is 21.1 Å². The smallest absolute Gasteiger partial charge is 0.274 e. The van der Waals surface area contributed by atoms with E-state index in [1.54, 1.807) is 29.8 Å². The van der Waals surface area contributed by atoms with E-state index in [1.807, 2.05) is 55.7 Å². The first-order chi connectivity index (χ1) is 15.5. The van der Waals surface area contributed by atoms with E-state index >= 15 is 0 Å². The van der Waals surface area contributed by atoms with Crippen molar-refractivity contribution in [3.63, 3.8) is 0 Å². The minimum absolute atomic E-state index is 0. The highest BCUT2D eigenvalue weighted by Crippen LogP contribution is 2.37. The van der Waals surface area contributed by atoms with Crippen LogP contribution in [0.15, 0.2) is 70.2 Å². The molecule has 7 nitrogen and oxygen atoms in total. The van der Waals surface area contributed by atoms with Crippen molar-refractivity contribution in [3.05, 3.63) is 77.8 Å². The summed E-state index contributed by atoms with van der Waals surface area (Å²) in [5.41, 5.74) is 3.19. The molecule has 4 aromatic rings. The minimum Gasteiger partial charge on any atom is -0.360 e. The fourth-order valence-electron chi connectivity index (χ4n) is 3.90. The van der Waals surface area contributed by atoms with Crippen molar-refractivity contribution in [2.45, 2.75) is 24.8 Å². The summed E-state index contributed by atoms with van der Waals surface area (Å²) in [5, 5.41) is 7.81. The van der Waals surface area contributed by atoms with Crippen LogP contribution in [0.25, 0.3) is 10.9 Å². The molecule has 0 saturated carbocycles. The summed E-state index contributed by atoms with van der Waals surface area (Å²) < 4.78 is 7.39. The van der Waals surface area contributed by atoms with Gasteiger partial charge in [-0.05, 0) is 23.8 Å². The number of carbonyl (C=O) groups excluding carboxylic acids is 2. The molecule has 1 N–H and O–H groups in total. The van der Waals surface area contributed by atoms with E-state index < -0.39 is 11.9 Å². The number of fused-ring (bicyclic) bond motifs is 2. The van der Waals surface area contributed by atoms with Crippen LogP contribution in [0.2, 0.25) is 0 Å². The number of nitrogens with zero attached hydrogens (tertiary/aromatic N) is 3. The third-order valence-corrected chi connectivity index (χ3v) is 6.82. The van der Waals surface area contributed by atoms with Gasteiger partial charge in [-0.25, -0.2) is 0 Å². The monoisotopic (exact) mass is 462 g/mol. The molecule has 1 atom stereocenters. The van der Waals surface area contributed by atoms with Crippen molar-refractivity contribution in [3.8, 4) is 0 Å². The Morgan fingerprint density at radius 3 is 2.76 bits per heavy atom. The van der Waals surface area contributed by atoms with Crippen molar-refractivity contribution >= 4 is 40.2 Å². The molecular weight excluding hydrogens is 436 g/mol. The third kappa shape index (κ3) is 4.39. The second kappa shape index (κ2) is 9.15. The summed E-state index contributed by atoms with van der Waals surface area (Å²) in [6.45, 7) is 0. The van der Waals surface area contributed by atoms with Crippen LogP contribution in [-0.4, -0.2) is 40.4 Å². The number of hydrogen-bond donors (Lipinski definition) is 1. The molecule has 0 fully saturated rings. The summed E-state index contributed by atoms with van der Waals surface area (Å²) in [4.78, 5) is 28.5. The molecular formula is C25H26N4O3S. The van der Waals surface area contributed by atoms with E-state index in [0.29, 0.717) is 17.9 Å². The van der Waals surface area contributed by atoms with E-state index in [1.165, 1.54) is 0 Å². The first-order valence-electron chi connectivity index (χ1n) is 10.3. The van der Waals surface area contributed by atoms with Gasteiger partial charge in [0.25, 0.3) is 5.91 Å². The van der Waals surface area contributed by atoms with Crippen LogP contribution in [-0.2, 0) is 18.3 Å². The number of thioether (sulfide) groups is 1. The number of aromatic nitrogens is 2. The number of rotatable bonds is 4. The molecule has 2 aromatic heterocycles.